The van der Waals surface area contributed by atoms with Crippen LogP contribution in [0.4, 0.5) is 16.3 Å². The molecular formula is C20H26FN5O. The fourth-order valence-electron chi connectivity index (χ4n) is 3.05. The molecule has 144 valence electrons. The Bertz CT molecular complexity index is 809. The molecule has 0 saturated heterocycles. The van der Waals surface area contributed by atoms with E-state index in [9.17, 15) is 9.50 Å². The summed E-state index contributed by atoms with van der Waals surface area (Å²) in [5.41, 5.74) is 1.45. The second-order valence-corrected chi connectivity index (χ2v) is 7.12. The molecule has 1 aromatic heterocycles. The molecule has 3 rings (SSSR count). The molecule has 0 radical (unpaired) electrons. The van der Waals surface area contributed by atoms with Crippen LogP contribution in [0, 0.1) is 0 Å². The van der Waals surface area contributed by atoms with Gasteiger partial charge in [-0.1, -0.05) is 30.3 Å². The Morgan fingerprint density at radius 1 is 1.04 bits per heavy atom. The van der Waals surface area contributed by atoms with Crippen molar-refractivity contribution in [3.05, 3.63) is 47.5 Å². The maximum absolute atomic E-state index is 14.5. The molecule has 0 amide bonds. The summed E-state index contributed by atoms with van der Waals surface area (Å²) in [5.74, 6) is 0.496. The normalized spacial score (nSPS) is 18.5. The van der Waals surface area contributed by atoms with Gasteiger partial charge >= 0.3 is 0 Å². The number of aliphatic hydroxyl groups excluding tert-OH is 1. The number of aromatic nitrogens is 3. The molecule has 0 fully saturated rings. The van der Waals surface area contributed by atoms with Gasteiger partial charge in [0, 0.05) is 11.6 Å². The van der Waals surface area contributed by atoms with Gasteiger partial charge in [-0.05, 0) is 45.6 Å². The molecule has 1 aliphatic carbocycles. The zero-order valence-corrected chi connectivity index (χ0v) is 15.9. The Morgan fingerprint density at radius 3 is 2.37 bits per heavy atom. The van der Waals surface area contributed by atoms with Gasteiger partial charge in [-0.2, -0.15) is 15.0 Å². The Balaban J connectivity index is 1.95. The smallest absolute Gasteiger partial charge is 0.228 e. The van der Waals surface area contributed by atoms with Crippen molar-refractivity contribution in [3.63, 3.8) is 0 Å². The molecule has 2 atom stereocenters. The number of rotatable bonds is 6. The van der Waals surface area contributed by atoms with Crippen molar-refractivity contribution in [3.8, 4) is 0 Å². The number of halogens is 1. The summed E-state index contributed by atoms with van der Waals surface area (Å²) in [6.45, 7) is 5.97. The lowest BCUT2D eigenvalue weighted by molar-refractivity contribution is 0.165. The van der Waals surface area contributed by atoms with Gasteiger partial charge in [0.1, 0.15) is 11.9 Å². The molecule has 0 bridgehead atoms. The molecular weight excluding hydrogens is 345 g/mol. The topological polar surface area (TPSA) is 83.0 Å². The van der Waals surface area contributed by atoms with Gasteiger partial charge in [-0.25, -0.2) is 4.39 Å². The maximum Gasteiger partial charge on any atom is 0.228 e. The van der Waals surface area contributed by atoms with Crippen LogP contribution in [-0.4, -0.2) is 32.2 Å². The summed E-state index contributed by atoms with van der Waals surface area (Å²) in [6.07, 6.45) is 0.549. The van der Waals surface area contributed by atoms with Gasteiger partial charge in [0.25, 0.3) is 0 Å². The third-order valence-electron chi connectivity index (χ3n) is 4.45. The standard InChI is InChI=1S/C20H26FN5O/c1-12(2)22-19-24-18(15-10-7-11-16(27)17(15)21)25-20(26-19)23-13(3)14-8-5-4-6-9-14/h4-6,8-9,12-13,16,27H,7,10-11H2,1-3H3,(H2,22,23,24,25,26)/t13-,16?/m0/s1. The van der Waals surface area contributed by atoms with Crippen molar-refractivity contribution in [2.24, 2.45) is 0 Å². The van der Waals surface area contributed by atoms with Gasteiger partial charge in [0.05, 0.1) is 6.04 Å². The predicted molar refractivity (Wildman–Crippen MR) is 105 cm³/mol. The lowest BCUT2D eigenvalue weighted by atomic mass is 9.96. The predicted octanol–water partition coefficient (Wildman–Crippen LogP) is 4.09. The van der Waals surface area contributed by atoms with E-state index in [0.717, 1.165) is 5.56 Å². The third kappa shape index (κ3) is 4.80. The molecule has 6 nitrogen and oxygen atoms in total. The number of allylic oxidation sites excluding steroid dienone is 1. The molecule has 7 heteroatoms. The van der Waals surface area contributed by atoms with Gasteiger partial charge < -0.3 is 15.7 Å². The first-order valence-electron chi connectivity index (χ1n) is 9.35. The van der Waals surface area contributed by atoms with Gasteiger partial charge in [0.2, 0.25) is 11.9 Å². The average molecular weight is 371 g/mol. The highest BCUT2D eigenvalue weighted by atomic mass is 19.1. The summed E-state index contributed by atoms with van der Waals surface area (Å²) >= 11 is 0. The minimum Gasteiger partial charge on any atom is -0.386 e. The van der Waals surface area contributed by atoms with Crippen LogP contribution < -0.4 is 10.6 Å². The number of hydrogen-bond donors (Lipinski definition) is 3. The zero-order chi connectivity index (χ0) is 19.4. The first kappa shape index (κ1) is 19.2. The second-order valence-electron chi connectivity index (χ2n) is 7.12. The molecule has 1 unspecified atom stereocenters. The zero-order valence-electron chi connectivity index (χ0n) is 15.9. The van der Waals surface area contributed by atoms with Crippen LogP contribution in [0.1, 0.15) is 57.5 Å². The third-order valence-corrected chi connectivity index (χ3v) is 4.45. The van der Waals surface area contributed by atoms with Crippen molar-refractivity contribution >= 4 is 17.5 Å². The van der Waals surface area contributed by atoms with Crippen LogP contribution in [0.15, 0.2) is 36.2 Å². The van der Waals surface area contributed by atoms with E-state index >= 15 is 0 Å². The van der Waals surface area contributed by atoms with Crippen LogP contribution >= 0.6 is 0 Å². The van der Waals surface area contributed by atoms with Crippen molar-refractivity contribution < 1.29 is 9.50 Å². The van der Waals surface area contributed by atoms with E-state index in [1.807, 2.05) is 51.1 Å². The average Bonchev–Trinajstić information content (AvgIpc) is 2.64. The van der Waals surface area contributed by atoms with Crippen molar-refractivity contribution in [1.29, 1.82) is 0 Å². The minimum absolute atomic E-state index is 0.0240. The van der Waals surface area contributed by atoms with Crippen LogP contribution in [-0.2, 0) is 0 Å². The lowest BCUT2D eigenvalue weighted by Gasteiger charge is -2.20. The second kappa shape index (κ2) is 8.43. The van der Waals surface area contributed by atoms with E-state index < -0.39 is 11.9 Å². The Morgan fingerprint density at radius 2 is 1.70 bits per heavy atom. The molecule has 3 N–H and O–H groups in total. The summed E-state index contributed by atoms with van der Waals surface area (Å²) in [6, 6.07) is 10.0. The SMILES string of the molecule is CC(C)Nc1nc(N[C@@H](C)c2ccccc2)nc(C2=C(F)C(O)CCC2)n1. The lowest BCUT2D eigenvalue weighted by Crippen LogP contribution is -2.19. The highest BCUT2D eigenvalue weighted by molar-refractivity contribution is 5.65. The fraction of sp³-hybridized carbons (Fsp3) is 0.450. The van der Waals surface area contributed by atoms with Crippen LogP contribution in [0.25, 0.3) is 5.57 Å². The van der Waals surface area contributed by atoms with Crippen LogP contribution in [0.5, 0.6) is 0 Å². The monoisotopic (exact) mass is 371 g/mol. The maximum atomic E-state index is 14.5. The van der Waals surface area contributed by atoms with Crippen LogP contribution in [0.2, 0.25) is 0 Å². The van der Waals surface area contributed by atoms with Gasteiger partial charge in [-0.3, -0.25) is 0 Å². The summed E-state index contributed by atoms with van der Waals surface area (Å²) in [4.78, 5) is 13.2. The Hall–Kier alpha value is -2.54. The molecule has 1 aromatic carbocycles. The number of nitrogens with zero attached hydrogens (tertiary/aromatic N) is 3. The number of aliphatic hydroxyl groups is 1. The molecule has 27 heavy (non-hydrogen) atoms. The fourth-order valence-corrected chi connectivity index (χ4v) is 3.05. The molecule has 0 aliphatic heterocycles. The first-order valence-corrected chi connectivity index (χ1v) is 9.35. The van der Waals surface area contributed by atoms with E-state index in [-0.39, 0.29) is 17.9 Å². The highest BCUT2D eigenvalue weighted by Crippen LogP contribution is 2.32. The van der Waals surface area contributed by atoms with Crippen molar-refractivity contribution in [2.75, 3.05) is 10.6 Å². The molecule has 1 aliphatic rings. The number of nitrogens with one attached hydrogen (secondary N) is 2. The summed E-state index contributed by atoms with van der Waals surface area (Å²) in [5, 5.41) is 16.3. The van der Waals surface area contributed by atoms with E-state index in [1.165, 1.54) is 0 Å². The Labute approximate surface area is 159 Å². The van der Waals surface area contributed by atoms with Crippen molar-refractivity contribution in [1.82, 2.24) is 15.0 Å². The van der Waals surface area contributed by atoms with Gasteiger partial charge in [0.15, 0.2) is 5.82 Å². The number of hydrogen-bond acceptors (Lipinski definition) is 6. The number of benzene rings is 1. The molecule has 0 spiro atoms. The number of anilines is 2. The quantitative estimate of drug-likeness (QED) is 0.709. The minimum atomic E-state index is -1.08. The van der Waals surface area contributed by atoms with Gasteiger partial charge in [-0.15, -0.1) is 0 Å². The van der Waals surface area contributed by atoms with E-state index in [0.29, 0.717) is 36.7 Å². The molecule has 2 aromatic rings. The molecule has 0 saturated carbocycles. The summed E-state index contributed by atoms with van der Waals surface area (Å²) in [7, 11) is 0. The van der Waals surface area contributed by atoms with E-state index in [2.05, 4.69) is 25.6 Å². The Kier molecular flexibility index (Phi) is 6.01. The highest BCUT2D eigenvalue weighted by Gasteiger charge is 2.25. The molecule has 1 heterocycles. The first-order chi connectivity index (χ1) is 12.9. The van der Waals surface area contributed by atoms with Crippen LogP contribution in [0.3, 0.4) is 0 Å². The van der Waals surface area contributed by atoms with E-state index in [4.69, 9.17) is 0 Å². The summed E-state index contributed by atoms with van der Waals surface area (Å²) < 4.78 is 14.5. The van der Waals surface area contributed by atoms with Crippen molar-refractivity contribution in [2.45, 2.75) is 58.2 Å². The van der Waals surface area contributed by atoms with E-state index in [1.54, 1.807) is 0 Å². The largest absolute Gasteiger partial charge is 0.386 e.